The van der Waals surface area contributed by atoms with Crippen molar-refractivity contribution in [3.8, 4) is 5.88 Å². The molecule has 0 radical (unpaired) electrons. The maximum atomic E-state index is 13.5. The Morgan fingerprint density at radius 3 is 2.40 bits per heavy atom. The van der Waals surface area contributed by atoms with Crippen molar-refractivity contribution in [2.24, 2.45) is 5.92 Å². The number of rotatable bonds is 6. The third-order valence-electron chi connectivity index (χ3n) is 6.82. The van der Waals surface area contributed by atoms with E-state index in [0.29, 0.717) is 32.1 Å². The first kappa shape index (κ1) is 23.3. The Morgan fingerprint density at radius 1 is 0.971 bits per heavy atom. The number of benzene rings is 2. The summed E-state index contributed by atoms with van der Waals surface area (Å²) in [6, 6.07) is 14.4. The standard InChI is InChI=1S/C27H32FN5O2/c1-2-18-35-26-25(29-23-7-3-4-8-24(23)30-26)33-13-5-6-20(19-33)27(34)32-16-14-31(15-17-32)22-11-9-21(28)10-12-22/h3-4,7-12,20H,2,5-6,13-19H2,1H3/t20-/m1/s1. The number of piperazine rings is 1. The number of halogens is 1. The summed E-state index contributed by atoms with van der Waals surface area (Å²) in [7, 11) is 0. The van der Waals surface area contributed by atoms with Crippen LogP contribution in [-0.2, 0) is 4.79 Å². The summed E-state index contributed by atoms with van der Waals surface area (Å²) in [6.07, 6.45) is 2.69. The van der Waals surface area contributed by atoms with Crippen LogP contribution in [0.3, 0.4) is 0 Å². The molecule has 2 aromatic carbocycles. The zero-order chi connectivity index (χ0) is 24.2. The molecule has 1 aromatic heterocycles. The Labute approximate surface area is 205 Å². The molecule has 0 saturated carbocycles. The van der Waals surface area contributed by atoms with Crippen molar-refractivity contribution in [3.63, 3.8) is 0 Å². The van der Waals surface area contributed by atoms with Crippen LogP contribution >= 0.6 is 0 Å². The number of piperidine rings is 1. The molecule has 0 unspecified atom stereocenters. The van der Waals surface area contributed by atoms with Crippen LogP contribution in [-0.4, -0.2) is 66.7 Å². The van der Waals surface area contributed by atoms with E-state index in [-0.39, 0.29) is 17.6 Å². The normalized spacial score (nSPS) is 18.7. The first-order chi connectivity index (χ1) is 17.1. The minimum atomic E-state index is -0.233. The highest BCUT2D eigenvalue weighted by atomic mass is 19.1. The van der Waals surface area contributed by atoms with E-state index >= 15 is 0 Å². The summed E-state index contributed by atoms with van der Waals surface area (Å²) in [5.74, 6) is 1.18. The van der Waals surface area contributed by atoms with E-state index in [9.17, 15) is 9.18 Å². The average Bonchev–Trinajstić information content (AvgIpc) is 2.91. The number of hydrogen-bond acceptors (Lipinski definition) is 6. The van der Waals surface area contributed by atoms with Crippen LogP contribution in [0.2, 0.25) is 0 Å². The Morgan fingerprint density at radius 2 is 1.69 bits per heavy atom. The maximum Gasteiger partial charge on any atom is 0.258 e. The van der Waals surface area contributed by atoms with E-state index in [1.807, 2.05) is 29.2 Å². The summed E-state index contributed by atoms with van der Waals surface area (Å²) < 4.78 is 19.2. The van der Waals surface area contributed by atoms with Crippen molar-refractivity contribution in [2.75, 3.05) is 55.7 Å². The summed E-state index contributed by atoms with van der Waals surface area (Å²) >= 11 is 0. The lowest BCUT2D eigenvalue weighted by Crippen LogP contribution is -2.52. The molecule has 2 aliphatic rings. The predicted octanol–water partition coefficient (Wildman–Crippen LogP) is 4.12. The van der Waals surface area contributed by atoms with Gasteiger partial charge in [-0.2, -0.15) is 0 Å². The molecule has 5 rings (SSSR count). The van der Waals surface area contributed by atoms with E-state index in [1.165, 1.54) is 12.1 Å². The maximum absolute atomic E-state index is 13.5. The lowest BCUT2D eigenvalue weighted by Gasteiger charge is -2.40. The molecule has 2 fully saturated rings. The van der Waals surface area contributed by atoms with Crippen molar-refractivity contribution >= 4 is 28.4 Å². The van der Waals surface area contributed by atoms with Crippen LogP contribution in [0.25, 0.3) is 11.0 Å². The number of amides is 1. The lowest BCUT2D eigenvalue weighted by atomic mass is 9.96. The molecule has 7 nitrogen and oxygen atoms in total. The Balaban J connectivity index is 1.27. The molecule has 8 heteroatoms. The number of hydrogen-bond donors (Lipinski definition) is 0. The molecule has 35 heavy (non-hydrogen) atoms. The second kappa shape index (κ2) is 10.5. The highest BCUT2D eigenvalue weighted by Gasteiger charge is 2.33. The van der Waals surface area contributed by atoms with Crippen LogP contribution in [0.5, 0.6) is 5.88 Å². The predicted molar refractivity (Wildman–Crippen MR) is 135 cm³/mol. The Hall–Kier alpha value is -3.42. The van der Waals surface area contributed by atoms with Crippen LogP contribution in [0.1, 0.15) is 26.2 Å². The number of nitrogens with zero attached hydrogens (tertiary/aromatic N) is 5. The van der Waals surface area contributed by atoms with Gasteiger partial charge in [-0.25, -0.2) is 14.4 Å². The van der Waals surface area contributed by atoms with E-state index in [0.717, 1.165) is 61.4 Å². The number of ether oxygens (including phenoxy) is 1. The van der Waals surface area contributed by atoms with Crippen LogP contribution in [0.15, 0.2) is 48.5 Å². The molecule has 0 N–H and O–H groups in total. The zero-order valence-electron chi connectivity index (χ0n) is 20.2. The van der Waals surface area contributed by atoms with Crippen LogP contribution < -0.4 is 14.5 Å². The van der Waals surface area contributed by atoms with Crippen molar-refractivity contribution in [2.45, 2.75) is 26.2 Å². The smallest absolute Gasteiger partial charge is 0.258 e. The molecule has 1 amide bonds. The number of carbonyl (C=O) groups excluding carboxylic acids is 1. The average molecular weight is 478 g/mol. The van der Waals surface area contributed by atoms with Gasteiger partial charge in [0.25, 0.3) is 5.88 Å². The third kappa shape index (κ3) is 5.16. The molecule has 0 aliphatic carbocycles. The van der Waals surface area contributed by atoms with Crippen molar-refractivity contribution in [3.05, 3.63) is 54.3 Å². The number of aromatic nitrogens is 2. The molecule has 2 aliphatic heterocycles. The minimum Gasteiger partial charge on any atom is -0.475 e. The fourth-order valence-corrected chi connectivity index (χ4v) is 4.94. The summed E-state index contributed by atoms with van der Waals surface area (Å²) in [5.41, 5.74) is 2.64. The summed E-state index contributed by atoms with van der Waals surface area (Å²) in [5, 5.41) is 0. The molecular formula is C27H32FN5O2. The van der Waals surface area contributed by atoms with E-state index in [2.05, 4.69) is 16.7 Å². The van der Waals surface area contributed by atoms with Crippen LogP contribution in [0, 0.1) is 11.7 Å². The zero-order valence-corrected chi connectivity index (χ0v) is 20.2. The van der Waals surface area contributed by atoms with E-state index in [4.69, 9.17) is 14.7 Å². The highest BCUT2D eigenvalue weighted by Crippen LogP contribution is 2.31. The molecule has 184 valence electrons. The summed E-state index contributed by atoms with van der Waals surface area (Å²) in [6.45, 7) is 6.94. The molecule has 1 atom stereocenters. The molecule has 3 aromatic rings. The van der Waals surface area contributed by atoms with Crippen molar-refractivity contribution < 1.29 is 13.9 Å². The van der Waals surface area contributed by atoms with Gasteiger partial charge in [0.1, 0.15) is 5.82 Å². The van der Waals surface area contributed by atoms with E-state index < -0.39 is 0 Å². The van der Waals surface area contributed by atoms with Gasteiger partial charge < -0.3 is 19.4 Å². The van der Waals surface area contributed by atoms with Gasteiger partial charge in [-0.05, 0) is 55.7 Å². The largest absolute Gasteiger partial charge is 0.475 e. The molecule has 3 heterocycles. The second-order valence-electron chi connectivity index (χ2n) is 9.26. The molecule has 2 saturated heterocycles. The molecule has 0 spiro atoms. The first-order valence-electron chi connectivity index (χ1n) is 12.6. The SMILES string of the molecule is CCCOc1nc2ccccc2nc1N1CCC[C@@H](C(=O)N2CCN(c3ccc(F)cc3)CC2)C1. The second-order valence-corrected chi connectivity index (χ2v) is 9.26. The Kier molecular flexibility index (Phi) is 6.97. The van der Waals surface area contributed by atoms with E-state index in [1.54, 1.807) is 12.1 Å². The number of anilines is 2. The lowest BCUT2D eigenvalue weighted by molar-refractivity contribution is -0.136. The van der Waals surface area contributed by atoms with Gasteiger partial charge in [0, 0.05) is 45.0 Å². The number of para-hydroxylation sites is 2. The van der Waals surface area contributed by atoms with Crippen LogP contribution in [0.4, 0.5) is 15.9 Å². The number of fused-ring (bicyclic) bond motifs is 1. The van der Waals surface area contributed by atoms with Gasteiger partial charge in [0.2, 0.25) is 5.91 Å². The van der Waals surface area contributed by atoms with Gasteiger partial charge in [0.05, 0.1) is 23.6 Å². The minimum absolute atomic E-state index is 0.0755. The molecule has 0 bridgehead atoms. The first-order valence-corrected chi connectivity index (χ1v) is 12.6. The fourth-order valence-electron chi connectivity index (χ4n) is 4.94. The summed E-state index contributed by atoms with van der Waals surface area (Å²) in [4.78, 5) is 29.4. The monoisotopic (exact) mass is 477 g/mol. The van der Waals surface area contributed by atoms with Gasteiger partial charge >= 0.3 is 0 Å². The fraction of sp³-hybridized carbons (Fsp3) is 0.444. The number of carbonyl (C=O) groups is 1. The van der Waals surface area contributed by atoms with Crippen molar-refractivity contribution in [1.29, 1.82) is 0 Å². The van der Waals surface area contributed by atoms with Gasteiger partial charge in [0.15, 0.2) is 5.82 Å². The van der Waals surface area contributed by atoms with Crippen molar-refractivity contribution in [1.82, 2.24) is 14.9 Å². The quantitative estimate of drug-likeness (QED) is 0.532. The van der Waals surface area contributed by atoms with Gasteiger partial charge in [-0.1, -0.05) is 19.1 Å². The van der Waals surface area contributed by atoms with Gasteiger partial charge in [-0.15, -0.1) is 0 Å². The highest BCUT2D eigenvalue weighted by molar-refractivity contribution is 5.81. The third-order valence-corrected chi connectivity index (χ3v) is 6.82. The molecular weight excluding hydrogens is 445 g/mol. The Bertz CT molecular complexity index is 1160. The topological polar surface area (TPSA) is 61.8 Å². The van der Waals surface area contributed by atoms with Gasteiger partial charge in [-0.3, -0.25) is 4.79 Å².